The molecule has 2 rings (SSSR count). The van der Waals surface area contributed by atoms with Crippen molar-refractivity contribution in [1.82, 2.24) is 0 Å². The first-order chi connectivity index (χ1) is 8.90. The average Bonchev–Trinajstić information content (AvgIpc) is 2.35. The monoisotopic (exact) mass is 262 g/mol. The summed E-state index contributed by atoms with van der Waals surface area (Å²) >= 11 is 0. The zero-order valence-corrected chi connectivity index (χ0v) is 10.2. The molecule has 0 spiro atoms. The van der Waals surface area contributed by atoms with Gasteiger partial charge in [-0.3, -0.25) is 14.4 Å². The number of carbonyl (C=O) groups excluding carboxylic acids is 3. The number of allylic oxidation sites excluding steroid dienone is 2. The lowest BCUT2D eigenvalue weighted by atomic mass is 9.89. The molecule has 2 N–H and O–H groups in total. The van der Waals surface area contributed by atoms with E-state index in [-0.39, 0.29) is 22.4 Å². The Morgan fingerprint density at radius 1 is 1.05 bits per heavy atom. The summed E-state index contributed by atoms with van der Waals surface area (Å²) in [6.45, 7) is 1.15. The van der Waals surface area contributed by atoms with Gasteiger partial charge in [-0.1, -0.05) is 0 Å². The van der Waals surface area contributed by atoms with Crippen molar-refractivity contribution in [2.24, 2.45) is 0 Å². The fraction of sp³-hybridized carbons (Fsp3) is 0.154. The first-order valence-corrected chi connectivity index (χ1v) is 5.33. The van der Waals surface area contributed by atoms with Gasteiger partial charge in [-0.15, -0.1) is 0 Å². The topological polar surface area (TPSA) is 101 Å². The van der Waals surface area contributed by atoms with Crippen molar-refractivity contribution in [3.63, 3.8) is 0 Å². The lowest BCUT2D eigenvalue weighted by Gasteiger charge is -2.18. The molecule has 0 saturated carbocycles. The number of hydrogen-bond donors (Lipinski definition) is 2. The molecule has 0 unspecified atom stereocenters. The average molecular weight is 262 g/mol. The van der Waals surface area contributed by atoms with Gasteiger partial charge >= 0.3 is 0 Å². The van der Waals surface area contributed by atoms with E-state index in [1.807, 2.05) is 0 Å². The molecule has 0 fully saturated rings. The number of methoxy groups -OCH3 is 1. The van der Waals surface area contributed by atoms with Crippen molar-refractivity contribution < 1.29 is 29.3 Å². The van der Waals surface area contributed by atoms with Gasteiger partial charge in [0.15, 0.2) is 28.8 Å². The molecule has 98 valence electrons. The standard InChI is InChI=1S/C13H10O6/c1-5(14)8-11(17)9-6(15)3-4-7(16)10(9)12(18)13(8)19-2/h3-4,17-18H,1-2H3. The number of hydrogen-bond acceptors (Lipinski definition) is 6. The first-order valence-electron chi connectivity index (χ1n) is 5.33. The second-order valence-electron chi connectivity index (χ2n) is 3.97. The zero-order chi connectivity index (χ0) is 14.3. The summed E-state index contributed by atoms with van der Waals surface area (Å²) in [5.74, 6) is -3.49. The van der Waals surface area contributed by atoms with E-state index in [2.05, 4.69) is 0 Å². The van der Waals surface area contributed by atoms with Crippen molar-refractivity contribution >= 4 is 17.3 Å². The fourth-order valence-corrected chi connectivity index (χ4v) is 2.02. The summed E-state index contributed by atoms with van der Waals surface area (Å²) in [4.78, 5) is 34.9. The maximum Gasteiger partial charge on any atom is 0.190 e. The highest BCUT2D eigenvalue weighted by atomic mass is 16.5. The largest absolute Gasteiger partial charge is 0.506 e. The highest BCUT2D eigenvalue weighted by Gasteiger charge is 2.33. The molecule has 1 aromatic carbocycles. The van der Waals surface area contributed by atoms with Gasteiger partial charge in [0.25, 0.3) is 0 Å². The number of ether oxygens (including phenoxy) is 1. The minimum Gasteiger partial charge on any atom is -0.506 e. The number of phenols is 2. The number of benzene rings is 1. The van der Waals surface area contributed by atoms with Crippen LogP contribution in [0.25, 0.3) is 0 Å². The van der Waals surface area contributed by atoms with E-state index in [9.17, 15) is 24.6 Å². The fourth-order valence-electron chi connectivity index (χ4n) is 2.02. The van der Waals surface area contributed by atoms with Gasteiger partial charge in [-0.2, -0.15) is 0 Å². The van der Waals surface area contributed by atoms with Crippen LogP contribution < -0.4 is 4.74 Å². The molecule has 0 atom stereocenters. The molecule has 0 heterocycles. The third kappa shape index (κ3) is 1.69. The number of aromatic hydroxyl groups is 2. The third-order valence-electron chi connectivity index (χ3n) is 2.84. The van der Waals surface area contributed by atoms with Crippen molar-refractivity contribution in [2.75, 3.05) is 7.11 Å². The summed E-state index contributed by atoms with van der Waals surface area (Å²) in [7, 11) is 1.18. The molecule has 0 radical (unpaired) electrons. The van der Waals surface area contributed by atoms with Gasteiger partial charge < -0.3 is 14.9 Å². The number of carbonyl (C=O) groups is 3. The number of fused-ring (bicyclic) bond motifs is 1. The van der Waals surface area contributed by atoms with Gasteiger partial charge in [0.05, 0.1) is 18.2 Å². The third-order valence-corrected chi connectivity index (χ3v) is 2.84. The quantitative estimate of drug-likeness (QED) is 0.614. The highest BCUT2D eigenvalue weighted by Crippen LogP contribution is 2.44. The van der Waals surface area contributed by atoms with E-state index < -0.39 is 28.8 Å². The number of phenolic OH excluding ortho intramolecular Hbond substituents is 2. The summed E-state index contributed by atoms with van der Waals surface area (Å²) in [5.41, 5.74) is -1.06. The molecule has 0 aliphatic heterocycles. The van der Waals surface area contributed by atoms with Crippen LogP contribution in [0.1, 0.15) is 38.0 Å². The van der Waals surface area contributed by atoms with Crippen LogP contribution in [0.5, 0.6) is 17.2 Å². The Labute approximate surface area is 107 Å². The molecule has 6 heteroatoms. The molecule has 0 saturated heterocycles. The molecule has 1 aromatic rings. The van der Waals surface area contributed by atoms with Crippen LogP contribution in [-0.2, 0) is 0 Å². The van der Waals surface area contributed by atoms with Crippen molar-refractivity contribution in [3.05, 3.63) is 28.8 Å². The SMILES string of the molecule is COc1c(O)c2c(c(O)c1C(C)=O)C(=O)C=CC2=O. The van der Waals surface area contributed by atoms with Gasteiger partial charge in [0.2, 0.25) is 0 Å². The lowest BCUT2D eigenvalue weighted by Crippen LogP contribution is -2.15. The van der Waals surface area contributed by atoms with Crippen LogP contribution >= 0.6 is 0 Å². The smallest absolute Gasteiger partial charge is 0.190 e. The summed E-state index contributed by atoms with van der Waals surface area (Å²) in [6, 6.07) is 0. The van der Waals surface area contributed by atoms with Gasteiger partial charge in [-0.05, 0) is 19.1 Å². The Kier molecular flexibility index (Phi) is 2.86. The molecular formula is C13H10O6. The van der Waals surface area contributed by atoms with Crippen molar-refractivity contribution in [1.29, 1.82) is 0 Å². The maximum atomic E-state index is 11.7. The molecular weight excluding hydrogens is 252 g/mol. The summed E-state index contributed by atoms with van der Waals surface area (Å²) < 4.78 is 4.85. The molecule has 1 aliphatic rings. The molecule has 0 bridgehead atoms. The Morgan fingerprint density at radius 2 is 1.53 bits per heavy atom. The zero-order valence-electron chi connectivity index (χ0n) is 10.2. The van der Waals surface area contributed by atoms with Crippen LogP contribution in [0, 0.1) is 0 Å². The van der Waals surface area contributed by atoms with Gasteiger partial charge in [0.1, 0.15) is 11.3 Å². The predicted molar refractivity (Wildman–Crippen MR) is 64.1 cm³/mol. The highest BCUT2D eigenvalue weighted by molar-refractivity contribution is 6.26. The van der Waals surface area contributed by atoms with E-state index in [1.54, 1.807) is 0 Å². The van der Waals surface area contributed by atoms with Crippen LogP contribution in [-0.4, -0.2) is 34.7 Å². The number of ketones is 3. The van der Waals surface area contributed by atoms with Gasteiger partial charge in [-0.25, -0.2) is 0 Å². The Hall–Kier alpha value is -2.63. The van der Waals surface area contributed by atoms with Crippen LogP contribution in [0.3, 0.4) is 0 Å². The van der Waals surface area contributed by atoms with Crippen LogP contribution in [0.2, 0.25) is 0 Å². The minimum absolute atomic E-state index is 0.319. The predicted octanol–water partition coefficient (Wildman–Crippen LogP) is 1.24. The van der Waals surface area contributed by atoms with Crippen molar-refractivity contribution in [2.45, 2.75) is 6.92 Å². The van der Waals surface area contributed by atoms with E-state index in [0.29, 0.717) is 0 Å². The Bertz CT molecular complexity index is 654. The Balaban J connectivity index is 2.96. The second kappa shape index (κ2) is 4.24. The first kappa shape index (κ1) is 12.8. The maximum absolute atomic E-state index is 11.7. The van der Waals surface area contributed by atoms with E-state index in [4.69, 9.17) is 4.74 Å². The normalized spacial score (nSPS) is 13.4. The molecule has 19 heavy (non-hydrogen) atoms. The van der Waals surface area contributed by atoms with E-state index in [1.165, 1.54) is 7.11 Å². The Morgan fingerprint density at radius 3 is 1.95 bits per heavy atom. The molecule has 6 nitrogen and oxygen atoms in total. The number of rotatable bonds is 2. The summed E-state index contributed by atoms with van der Waals surface area (Å²) in [6.07, 6.45) is 1.96. The lowest BCUT2D eigenvalue weighted by molar-refractivity contribution is 0.0982. The second-order valence-corrected chi connectivity index (χ2v) is 3.97. The van der Waals surface area contributed by atoms with E-state index >= 15 is 0 Å². The number of Topliss-reactive ketones (excluding diaryl/α,β-unsaturated/α-hetero) is 1. The minimum atomic E-state index is -0.660. The molecule has 0 amide bonds. The molecule has 1 aliphatic carbocycles. The van der Waals surface area contributed by atoms with Crippen molar-refractivity contribution in [3.8, 4) is 17.2 Å². The van der Waals surface area contributed by atoms with E-state index in [0.717, 1.165) is 19.1 Å². The molecule has 0 aromatic heterocycles. The van der Waals surface area contributed by atoms with Crippen LogP contribution in [0.4, 0.5) is 0 Å². The van der Waals surface area contributed by atoms with Gasteiger partial charge in [0, 0.05) is 0 Å². The summed E-state index contributed by atoms with van der Waals surface area (Å²) in [5, 5.41) is 20.0. The van der Waals surface area contributed by atoms with Crippen LogP contribution in [0.15, 0.2) is 12.2 Å².